The number of anilines is 2. The lowest BCUT2D eigenvalue weighted by atomic mass is 10.2. The van der Waals surface area contributed by atoms with E-state index >= 15 is 0 Å². The molecule has 2 aromatic heterocycles. The summed E-state index contributed by atoms with van der Waals surface area (Å²) < 4.78 is 2.15. The highest BCUT2D eigenvalue weighted by Crippen LogP contribution is 2.35. The number of carbonyl (C=O) groups is 1. The zero-order valence-corrected chi connectivity index (χ0v) is 19.5. The largest absolute Gasteiger partial charge is 0.343 e. The first-order valence-corrected chi connectivity index (χ1v) is 12.0. The number of hydrogen-bond donors (Lipinski definition) is 2. The molecule has 2 N–H and O–H groups in total. The van der Waals surface area contributed by atoms with Crippen LogP contribution in [0.5, 0.6) is 0 Å². The normalized spacial score (nSPS) is 17.5. The fourth-order valence-electron chi connectivity index (χ4n) is 4.94. The van der Waals surface area contributed by atoms with E-state index in [4.69, 9.17) is 4.98 Å². The molecule has 1 saturated heterocycles. The van der Waals surface area contributed by atoms with Crippen molar-refractivity contribution in [2.45, 2.75) is 38.3 Å². The Hall–Kier alpha value is -2.97. The predicted molar refractivity (Wildman–Crippen MR) is 131 cm³/mol. The third-order valence-electron chi connectivity index (χ3n) is 6.72. The van der Waals surface area contributed by atoms with Gasteiger partial charge in [-0.25, -0.2) is 4.98 Å². The summed E-state index contributed by atoms with van der Waals surface area (Å²) in [7, 11) is 3.59. The lowest BCUT2D eigenvalue weighted by Gasteiger charge is -2.27. The Morgan fingerprint density at radius 2 is 1.88 bits per heavy atom. The highest BCUT2D eigenvalue weighted by Gasteiger charge is 2.26. The summed E-state index contributed by atoms with van der Waals surface area (Å²) in [6.45, 7) is 5.27. The van der Waals surface area contributed by atoms with Crippen LogP contribution in [-0.2, 0) is 6.54 Å². The number of rotatable bonds is 6. The first kappa shape index (κ1) is 21.9. The maximum absolute atomic E-state index is 12.9. The standard InChI is InChI=1S/C25H33N7O/c1-30(2)24(33)22-15-19-16-27-25(29-23(19)32(22)21-5-3-4-6-21)28-20-9-7-18(8-10-20)17-31-13-11-26-12-14-31/h7-10,15-16,21,26H,3-6,11-14,17H2,1-2H3,(H,27,28,29). The summed E-state index contributed by atoms with van der Waals surface area (Å²) in [6.07, 6.45) is 6.37. The van der Waals surface area contributed by atoms with E-state index in [1.54, 1.807) is 19.0 Å². The Morgan fingerprint density at radius 3 is 2.58 bits per heavy atom. The number of hydrogen-bond acceptors (Lipinski definition) is 6. The average molecular weight is 448 g/mol. The first-order valence-electron chi connectivity index (χ1n) is 12.0. The molecule has 33 heavy (non-hydrogen) atoms. The molecule has 1 saturated carbocycles. The van der Waals surface area contributed by atoms with Crippen molar-refractivity contribution in [3.63, 3.8) is 0 Å². The Morgan fingerprint density at radius 1 is 1.15 bits per heavy atom. The first-order chi connectivity index (χ1) is 16.1. The summed E-state index contributed by atoms with van der Waals surface area (Å²) in [6, 6.07) is 10.7. The molecular weight excluding hydrogens is 414 g/mol. The number of piperazine rings is 1. The monoisotopic (exact) mass is 447 g/mol. The van der Waals surface area contributed by atoms with Gasteiger partial charge in [0, 0.05) is 70.1 Å². The fourth-order valence-corrected chi connectivity index (χ4v) is 4.94. The summed E-state index contributed by atoms with van der Waals surface area (Å²) in [5.74, 6) is 0.563. The smallest absolute Gasteiger partial charge is 0.270 e. The molecule has 8 nitrogen and oxygen atoms in total. The van der Waals surface area contributed by atoms with Gasteiger partial charge in [-0.05, 0) is 36.6 Å². The van der Waals surface area contributed by atoms with Gasteiger partial charge < -0.3 is 20.1 Å². The number of amides is 1. The molecule has 0 radical (unpaired) electrons. The second-order valence-electron chi connectivity index (χ2n) is 9.36. The maximum Gasteiger partial charge on any atom is 0.270 e. The van der Waals surface area contributed by atoms with Crippen molar-refractivity contribution in [3.05, 3.63) is 47.8 Å². The third kappa shape index (κ3) is 4.72. The van der Waals surface area contributed by atoms with Crippen molar-refractivity contribution >= 4 is 28.6 Å². The average Bonchev–Trinajstić information content (AvgIpc) is 3.48. The van der Waals surface area contributed by atoms with Crippen molar-refractivity contribution in [2.75, 3.05) is 45.6 Å². The van der Waals surface area contributed by atoms with Crippen LogP contribution in [0, 0.1) is 0 Å². The van der Waals surface area contributed by atoms with Gasteiger partial charge in [0.05, 0.1) is 0 Å². The van der Waals surface area contributed by atoms with Crippen molar-refractivity contribution in [3.8, 4) is 0 Å². The molecule has 3 heterocycles. The lowest BCUT2D eigenvalue weighted by molar-refractivity contribution is 0.0815. The van der Waals surface area contributed by atoms with Crippen LogP contribution in [0.25, 0.3) is 11.0 Å². The quantitative estimate of drug-likeness (QED) is 0.603. The van der Waals surface area contributed by atoms with Crippen molar-refractivity contribution < 1.29 is 4.79 Å². The van der Waals surface area contributed by atoms with Crippen molar-refractivity contribution in [1.82, 2.24) is 29.7 Å². The van der Waals surface area contributed by atoms with E-state index in [1.807, 2.05) is 12.3 Å². The zero-order valence-electron chi connectivity index (χ0n) is 19.5. The van der Waals surface area contributed by atoms with Gasteiger partial charge in [-0.15, -0.1) is 0 Å². The number of aromatic nitrogens is 3. The number of nitrogens with zero attached hydrogens (tertiary/aromatic N) is 5. The minimum atomic E-state index is 0.00878. The molecule has 2 fully saturated rings. The number of fused-ring (bicyclic) bond motifs is 1. The number of benzene rings is 1. The molecule has 174 valence electrons. The van der Waals surface area contributed by atoms with Crippen LogP contribution in [0.1, 0.15) is 47.8 Å². The lowest BCUT2D eigenvalue weighted by Crippen LogP contribution is -2.42. The van der Waals surface area contributed by atoms with Crippen molar-refractivity contribution in [1.29, 1.82) is 0 Å². The van der Waals surface area contributed by atoms with Gasteiger partial charge >= 0.3 is 0 Å². The van der Waals surface area contributed by atoms with Gasteiger partial charge in [0.25, 0.3) is 5.91 Å². The van der Waals surface area contributed by atoms with E-state index in [-0.39, 0.29) is 5.91 Å². The molecular formula is C25H33N7O. The van der Waals surface area contributed by atoms with E-state index < -0.39 is 0 Å². The van der Waals surface area contributed by atoms with Gasteiger partial charge in [0.15, 0.2) is 0 Å². The summed E-state index contributed by atoms with van der Waals surface area (Å²) in [4.78, 5) is 26.4. The van der Waals surface area contributed by atoms with Crippen LogP contribution < -0.4 is 10.6 Å². The molecule has 5 rings (SSSR count). The van der Waals surface area contributed by atoms with E-state index in [0.717, 1.165) is 62.3 Å². The SMILES string of the molecule is CN(C)C(=O)c1cc2cnc(Nc3ccc(CN4CCNCC4)cc3)nc2n1C1CCCC1. The molecule has 2 aliphatic rings. The Balaban J connectivity index is 1.38. The van der Waals surface area contributed by atoms with Crippen molar-refractivity contribution in [2.24, 2.45) is 0 Å². The predicted octanol–water partition coefficient (Wildman–Crippen LogP) is 3.40. The molecule has 3 aromatic rings. The molecule has 0 unspecified atom stereocenters. The molecule has 1 aliphatic heterocycles. The van der Waals surface area contributed by atoms with Gasteiger partial charge in [-0.1, -0.05) is 25.0 Å². The molecule has 1 aromatic carbocycles. The fraction of sp³-hybridized carbons (Fsp3) is 0.480. The second-order valence-corrected chi connectivity index (χ2v) is 9.36. The van der Waals surface area contributed by atoms with Gasteiger partial charge in [0.1, 0.15) is 11.3 Å². The van der Waals surface area contributed by atoms with E-state index in [9.17, 15) is 4.79 Å². The van der Waals surface area contributed by atoms with Crippen LogP contribution in [0.4, 0.5) is 11.6 Å². The maximum atomic E-state index is 12.9. The number of nitrogens with one attached hydrogen (secondary N) is 2. The third-order valence-corrected chi connectivity index (χ3v) is 6.72. The Bertz CT molecular complexity index is 1110. The van der Waals surface area contributed by atoms with Crippen LogP contribution in [0.2, 0.25) is 0 Å². The molecule has 0 spiro atoms. The topological polar surface area (TPSA) is 78.3 Å². The van der Waals surface area contributed by atoms with Crippen LogP contribution in [0.3, 0.4) is 0 Å². The summed E-state index contributed by atoms with van der Waals surface area (Å²) >= 11 is 0. The van der Waals surface area contributed by atoms with E-state index in [0.29, 0.717) is 17.7 Å². The molecule has 0 bridgehead atoms. The number of carbonyl (C=O) groups excluding carboxylic acids is 1. The summed E-state index contributed by atoms with van der Waals surface area (Å²) in [5, 5.41) is 7.65. The molecule has 1 aliphatic carbocycles. The van der Waals surface area contributed by atoms with Crippen LogP contribution in [-0.4, -0.2) is 70.5 Å². The molecule has 0 atom stereocenters. The highest BCUT2D eigenvalue weighted by atomic mass is 16.2. The van der Waals surface area contributed by atoms with E-state index in [2.05, 4.69) is 49.4 Å². The van der Waals surface area contributed by atoms with E-state index in [1.165, 1.54) is 18.4 Å². The van der Waals surface area contributed by atoms with Gasteiger partial charge in [0.2, 0.25) is 5.95 Å². The van der Waals surface area contributed by atoms with Crippen LogP contribution in [0.15, 0.2) is 36.5 Å². The minimum absolute atomic E-state index is 0.00878. The minimum Gasteiger partial charge on any atom is -0.343 e. The van der Waals surface area contributed by atoms with Gasteiger partial charge in [-0.3, -0.25) is 9.69 Å². The molecule has 1 amide bonds. The summed E-state index contributed by atoms with van der Waals surface area (Å²) in [5.41, 5.74) is 3.80. The van der Waals surface area contributed by atoms with Crippen LogP contribution >= 0.6 is 0 Å². The highest BCUT2D eigenvalue weighted by molar-refractivity contribution is 5.97. The second kappa shape index (κ2) is 9.49. The van der Waals surface area contributed by atoms with Gasteiger partial charge in [-0.2, -0.15) is 4.98 Å². The zero-order chi connectivity index (χ0) is 22.8. The Kier molecular flexibility index (Phi) is 6.28. The Labute approximate surface area is 195 Å². The molecule has 8 heteroatoms.